The van der Waals surface area contributed by atoms with Crippen molar-refractivity contribution in [1.82, 2.24) is 5.32 Å². The molecule has 66 valence electrons. The zero-order valence-corrected chi connectivity index (χ0v) is 7.72. The first kappa shape index (κ1) is 10.6. The van der Waals surface area contributed by atoms with Crippen LogP contribution >= 0.6 is 0 Å². The van der Waals surface area contributed by atoms with Crippen molar-refractivity contribution in [3.05, 3.63) is 23.9 Å². The first-order chi connectivity index (χ1) is 5.67. The third kappa shape index (κ3) is 2.70. The van der Waals surface area contributed by atoms with Gasteiger partial charge in [-0.05, 0) is 13.8 Å². The van der Waals surface area contributed by atoms with Crippen LogP contribution in [0.4, 0.5) is 0 Å². The number of amides is 1. The van der Waals surface area contributed by atoms with Crippen molar-refractivity contribution in [2.45, 2.75) is 13.8 Å². The van der Waals surface area contributed by atoms with Gasteiger partial charge in [0.05, 0.1) is 11.3 Å². The van der Waals surface area contributed by atoms with Crippen LogP contribution in [0.15, 0.2) is 28.9 Å². The lowest BCUT2D eigenvalue weighted by Gasteiger charge is -2.03. The van der Waals surface area contributed by atoms with E-state index in [0.29, 0.717) is 11.3 Å². The molecule has 0 radical (unpaired) electrons. The van der Waals surface area contributed by atoms with Gasteiger partial charge in [-0.2, -0.15) is 0 Å². The number of hydrogen-bond acceptors (Lipinski definition) is 2. The van der Waals surface area contributed by atoms with Gasteiger partial charge >= 0.3 is 0 Å². The number of carbonyl (C=O) groups is 1. The van der Waals surface area contributed by atoms with Gasteiger partial charge in [0.2, 0.25) is 0 Å². The highest BCUT2D eigenvalue weighted by molar-refractivity contribution is 5.97. The molecule has 0 bridgehead atoms. The predicted octanol–water partition coefficient (Wildman–Crippen LogP) is 1.28. The summed E-state index contributed by atoms with van der Waals surface area (Å²) in [6, 6.07) is 0. The molecule has 12 heavy (non-hydrogen) atoms. The van der Waals surface area contributed by atoms with Crippen molar-refractivity contribution in [2.24, 2.45) is 4.99 Å². The van der Waals surface area contributed by atoms with E-state index in [-0.39, 0.29) is 5.91 Å². The predicted molar refractivity (Wildman–Crippen MR) is 51.1 cm³/mol. The lowest BCUT2D eigenvalue weighted by atomic mass is 10.2. The number of rotatable bonds is 3. The Hall–Kier alpha value is -1.38. The summed E-state index contributed by atoms with van der Waals surface area (Å²) in [7, 11) is 1.58. The molecule has 0 aromatic heterocycles. The third-order valence-corrected chi connectivity index (χ3v) is 1.36. The maximum absolute atomic E-state index is 11.1. The molecule has 3 nitrogen and oxygen atoms in total. The van der Waals surface area contributed by atoms with Crippen LogP contribution in [-0.4, -0.2) is 19.2 Å². The molecule has 0 aliphatic carbocycles. The summed E-state index contributed by atoms with van der Waals surface area (Å²) in [5, 5.41) is 2.51. The van der Waals surface area contributed by atoms with E-state index < -0.39 is 0 Å². The molecule has 0 aromatic rings. The highest BCUT2D eigenvalue weighted by atomic mass is 16.1. The molecule has 1 amide bonds. The quantitative estimate of drug-likeness (QED) is 0.383. The van der Waals surface area contributed by atoms with Gasteiger partial charge in [-0.25, -0.2) is 0 Å². The Morgan fingerprint density at radius 2 is 2.08 bits per heavy atom. The number of carbonyl (C=O) groups excluding carboxylic acids is 1. The molecule has 0 aliphatic rings. The Bertz CT molecular complexity index is 239. The monoisotopic (exact) mass is 166 g/mol. The Kier molecular flexibility index (Phi) is 4.69. The van der Waals surface area contributed by atoms with Crippen LogP contribution < -0.4 is 5.32 Å². The summed E-state index contributed by atoms with van der Waals surface area (Å²) < 4.78 is 0. The lowest BCUT2D eigenvalue weighted by molar-refractivity contribution is -0.116. The molecule has 0 heterocycles. The SMILES string of the molecule is C=C(N=CC)C(=CC)C(=O)NC. The number of aliphatic imine (C=N–C) groups is 1. The summed E-state index contributed by atoms with van der Waals surface area (Å²) in [5.74, 6) is -0.159. The zero-order chi connectivity index (χ0) is 9.56. The van der Waals surface area contributed by atoms with Gasteiger partial charge in [-0.3, -0.25) is 9.79 Å². The number of nitrogens with zero attached hydrogens (tertiary/aromatic N) is 1. The van der Waals surface area contributed by atoms with Crippen LogP contribution in [0, 0.1) is 0 Å². The lowest BCUT2D eigenvalue weighted by Crippen LogP contribution is -2.20. The minimum Gasteiger partial charge on any atom is -0.355 e. The summed E-state index contributed by atoms with van der Waals surface area (Å²) >= 11 is 0. The molecule has 0 unspecified atom stereocenters. The summed E-state index contributed by atoms with van der Waals surface area (Å²) in [5.41, 5.74) is 0.995. The van der Waals surface area contributed by atoms with E-state index in [0.717, 1.165) is 0 Å². The fraction of sp³-hybridized carbons (Fsp3) is 0.333. The summed E-state index contributed by atoms with van der Waals surface area (Å²) in [4.78, 5) is 15.1. The molecule has 1 N–H and O–H groups in total. The minimum atomic E-state index is -0.159. The fourth-order valence-corrected chi connectivity index (χ4v) is 0.789. The van der Waals surface area contributed by atoms with Crippen molar-refractivity contribution in [1.29, 1.82) is 0 Å². The first-order valence-corrected chi connectivity index (χ1v) is 3.73. The molecular weight excluding hydrogens is 152 g/mol. The van der Waals surface area contributed by atoms with E-state index in [9.17, 15) is 4.79 Å². The first-order valence-electron chi connectivity index (χ1n) is 3.73. The van der Waals surface area contributed by atoms with Crippen LogP contribution in [-0.2, 0) is 4.79 Å². The third-order valence-electron chi connectivity index (χ3n) is 1.36. The van der Waals surface area contributed by atoms with E-state index in [2.05, 4.69) is 16.9 Å². The second-order valence-corrected chi connectivity index (χ2v) is 2.12. The molecule has 3 heteroatoms. The minimum absolute atomic E-state index is 0.159. The van der Waals surface area contributed by atoms with Gasteiger partial charge in [0.25, 0.3) is 5.91 Å². The highest BCUT2D eigenvalue weighted by Crippen LogP contribution is 2.08. The second-order valence-electron chi connectivity index (χ2n) is 2.12. The van der Waals surface area contributed by atoms with Crippen LogP contribution in [0.5, 0.6) is 0 Å². The van der Waals surface area contributed by atoms with Gasteiger partial charge in [0, 0.05) is 13.3 Å². The van der Waals surface area contributed by atoms with Crippen molar-refractivity contribution < 1.29 is 4.79 Å². The average Bonchev–Trinajstić information content (AvgIpc) is 2.06. The Morgan fingerprint density at radius 3 is 2.42 bits per heavy atom. The van der Waals surface area contributed by atoms with E-state index in [1.54, 1.807) is 33.2 Å². The summed E-state index contributed by atoms with van der Waals surface area (Å²) in [6.45, 7) is 7.22. The Balaban J connectivity index is 4.59. The van der Waals surface area contributed by atoms with Gasteiger partial charge < -0.3 is 5.32 Å². The molecule has 0 aliphatic heterocycles. The van der Waals surface area contributed by atoms with Crippen molar-refractivity contribution in [3.63, 3.8) is 0 Å². The van der Waals surface area contributed by atoms with Crippen molar-refractivity contribution >= 4 is 12.1 Å². The molecular formula is C9H14N2O. The Labute approximate surface area is 72.9 Å². The maximum Gasteiger partial charge on any atom is 0.252 e. The second kappa shape index (κ2) is 5.29. The van der Waals surface area contributed by atoms with Gasteiger partial charge in [0.15, 0.2) is 0 Å². The van der Waals surface area contributed by atoms with Crippen LogP contribution in [0.25, 0.3) is 0 Å². The fourth-order valence-electron chi connectivity index (χ4n) is 0.789. The molecule has 0 saturated heterocycles. The standard InChI is InChI=1S/C9H14N2O/c1-5-8(9(12)10-4)7(3)11-6-2/h5-6H,3H2,1-2,4H3,(H,10,12). The molecule has 0 aromatic carbocycles. The van der Waals surface area contributed by atoms with Gasteiger partial charge in [0.1, 0.15) is 0 Å². The highest BCUT2D eigenvalue weighted by Gasteiger charge is 2.07. The van der Waals surface area contributed by atoms with Crippen molar-refractivity contribution in [3.8, 4) is 0 Å². The number of allylic oxidation sites excluding steroid dienone is 1. The normalized spacial score (nSPS) is 11.8. The number of nitrogens with one attached hydrogen (secondary N) is 1. The van der Waals surface area contributed by atoms with Crippen LogP contribution in [0.1, 0.15) is 13.8 Å². The average molecular weight is 166 g/mol. The van der Waals surface area contributed by atoms with E-state index in [1.807, 2.05) is 0 Å². The molecule has 0 spiro atoms. The smallest absolute Gasteiger partial charge is 0.252 e. The Morgan fingerprint density at radius 1 is 1.50 bits per heavy atom. The van der Waals surface area contributed by atoms with E-state index >= 15 is 0 Å². The summed E-state index contributed by atoms with van der Waals surface area (Å²) in [6.07, 6.45) is 3.29. The molecule has 0 rings (SSSR count). The van der Waals surface area contributed by atoms with Gasteiger partial charge in [-0.1, -0.05) is 12.7 Å². The van der Waals surface area contributed by atoms with E-state index in [4.69, 9.17) is 0 Å². The largest absolute Gasteiger partial charge is 0.355 e. The number of hydrogen-bond donors (Lipinski definition) is 1. The molecule has 0 saturated carbocycles. The number of likely N-dealkylation sites (N-methyl/N-ethyl adjacent to an activating group) is 1. The van der Waals surface area contributed by atoms with Crippen LogP contribution in [0.3, 0.4) is 0 Å². The van der Waals surface area contributed by atoms with E-state index in [1.165, 1.54) is 0 Å². The molecule has 0 fully saturated rings. The van der Waals surface area contributed by atoms with Crippen LogP contribution in [0.2, 0.25) is 0 Å². The molecule has 0 atom stereocenters. The van der Waals surface area contributed by atoms with Gasteiger partial charge in [-0.15, -0.1) is 0 Å². The maximum atomic E-state index is 11.1. The van der Waals surface area contributed by atoms with Crippen molar-refractivity contribution in [2.75, 3.05) is 7.05 Å². The topological polar surface area (TPSA) is 41.5 Å². The zero-order valence-electron chi connectivity index (χ0n) is 7.72.